The molecule has 1 saturated carbocycles. The Morgan fingerprint density at radius 3 is 2.61 bits per heavy atom. The third-order valence-electron chi connectivity index (χ3n) is 7.95. The molecule has 200 valence electrons. The van der Waals surface area contributed by atoms with Gasteiger partial charge in [-0.2, -0.15) is 17.7 Å². The zero-order chi connectivity index (χ0) is 26.1. The van der Waals surface area contributed by atoms with Crippen LogP contribution in [0.3, 0.4) is 0 Å². The summed E-state index contributed by atoms with van der Waals surface area (Å²) in [7, 11) is 2.14. The van der Waals surface area contributed by atoms with Crippen LogP contribution in [0.15, 0.2) is 24.3 Å². The van der Waals surface area contributed by atoms with Crippen LogP contribution in [0.1, 0.15) is 31.2 Å². The number of likely N-dealkylation sites (tertiary alicyclic amines) is 1. The molecule has 3 aliphatic rings. The number of benzene rings is 1. The largest absolute Gasteiger partial charge is 0.486 e. The molecular weight excluding hydrogens is 517 g/mol. The fraction of sp³-hybridized carbons (Fsp3) is 0.500. The highest BCUT2D eigenvalue weighted by Crippen LogP contribution is 2.51. The van der Waals surface area contributed by atoms with Gasteiger partial charge < -0.3 is 19.7 Å². The second kappa shape index (κ2) is 8.70. The molecule has 3 aromatic heterocycles. The minimum absolute atomic E-state index is 0.0174. The first-order valence-corrected chi connectivity index (χ1v) is 13.7. The number of hydrogen-bond donors (Lipinski definition) is 1. The average molecular weight is 545 g/mol. The molecule has 12 heteroatoms. The van der Waals surface area contributed by atoms with Gasteiger partial charge in [0.1, 0.15) is 0 Å². The fourth-order valence-electron chi connectivity index (χ4n) is 5.29. The molecule has 0 atom stereocenters. The molecule has 0 unspecified atom stereocenters. The summed E-state index contributed by atoms with van der Waals surface area (Å²) in [6, 6.07) is 5.73. The van der Waals surface area contributed by atoms with Gasteiger partial charge in [0.05, 0.1) is 23.7 Å². The number of nitrogens with zero attached hydrogens (tertiary/aromatic N) is 5. The molecular formula is C26H27F3N6O2S. The minimum atomic E-state index is -4.45. The van der Waals surface area contributed by atoms with Gasteiger partial charge in [0.2, 0.25) is 17.1 Å². The Morgan fingerprint density at radius 2 is 1.87 bits per heavy atom. The molecule has 0 radical (unpaired) electrons. The van der Waals surface area contributed by atoms with Crippen molar-refractivity contribution in [3.63, 3.8) is 0 Å². The lowest BCUT2D eigenvalue weighted by atomic mass is 9.97. The number of thiophene rings is 1. The Kier molecular flexibility index (Phi) is 5.49. The number of anilines is 1. The van der Waals surface area contributed by atoms with Crippen molar-refractivity contribution >= 4 is 32.9 Å². The van der Waals surface area contributed by atoms with Crippen LogP contribution in [0.5, 0.6) is 11.5 Å². The Balaban J connectivity index is 1.31. The van der Waals surface area contributed by atoms with Crippen LogP contribution in [0, 0.1) is 11.3 Å². The quantitative estimate of drug-likeness (QED) is 0.372. The Bertz CT molecular complexity index is 1520. The van der Waals surface area contributed by atoms with Crippen molar-refractivity contribution < 1.29 is 22.6 Å². The molecule has 2 aliphatic heterocycles. The van der Waals surface area contributed by atoms with Crippen LogP contribution in [0.4, 0.5) is 19.0 Å². The van der Waals surface area contributed by atoms with Crippen molar-refractivity contribution in [1.29, 1.82) is 0 Å². The molecule has 1 N–H and O–H groups in total. The van der Waals surface area contributed by atoms with Gasteiger partial charge in [0.25, 0.3) is 0 Å². The van der Waals surface area contributed by atoms with Gasteiger partial charge in [0, 0.05) is 22.0 Å². The van der Waals surface area contributed by atoms with Crippen LogP contribution >= 0.6 is 11.3 Å². The van der Waals surface area contributed by atoms with E-state index in [1.165, 1.54) is 23.5 Å². The number of fused-ring (bicyclic) bond motifs is 4. The van der Waals surface area contributed by atoms with Crippen molar-refractivity contribution in [3.8, 4) is 22.2 Å². The number of rotatable bonds is 4. The maximum absolute atomic E-state index is 13.6. The van der Waals surface area contributed by atoms with Gasteiger partial charge in [-0.1, -0.05) is 6.07 Å². The zero-order valence-electron chi connectivity index (χ0n) is 20.8. The second-order valence-electron chi connectivity index (χ2n) is 10.8. The van der Waals surface area contributed by atoms with E-state index in [2.05, 4.69) is 27.5 Å². The molecule has 1 saturated heterocycles. The monoisotopic (exact) mass is 544 g/mol. The van der Waals surface area contributed by atoms with Crippen molar-refractivity contribution in [2.45, 2.75) is 31.9 Å². The highest BCUT2D eigenvalue weighted by molar-refractivity contribution is 7.22. The van der Waals surface area contributed by atoms with E-state index in [9.17, 15) is 13.2 Å². The number of hydrogen-bond acceptors (Lipinski definition) is 8. The second-order valence-corrected chi connectivity index (χ2v) is 11.9. The van der Waals surface area contributed by atoms with Gasteiger partial charge >= 0.3 is 6.18 Å². The SMILES string of the molecule is CN1CCC(CNc2nn3c(-c4cc5c(C(F)(F)F)cccc5s4)nnc3c3c2OCC2(CC2)CO3)CC1. The van der Waals surface area contributed by atoms with Gasteiger partial charge in [-0.3, -0.25) is 0 Å². The number of nitrogens with one attached hydrogen (secondary N) is 1. The molecule has 7 rings (SSSR count). The van der Waals surface area contributed by atoms with E-state index in [0.29, 0.717) is 57.5 Å². The van der Waals surface area contributed by atoms with Crippen LogP contribution < -0.4 is 14.8 Å². The van der Waals surface area contributed by atoms with E-state index in [1.807, 2.05) is 0 Å². The van der Waals surface area contributed by atoms with Crippen molar-refractivity contribution in [2.75, 3.05) is 45.2 Å². The fourth-order valence-corrected chi connectivity index (χ4v) is 6.34. The lowest BCUT2D eigenvalue weighted by Crippen LogP contribution is -2.33. The zero-order valence-corrected chi connectivity index (χ0v) is 21.7. The molecule has 38 heavy (non-hydrogen) atoms. The molecule has 2 fully saturated rings. The Hall–Kier alpha value is -3.12. The van der Waals surface area contributed by atoms with E-state index in [-0.39, 0.29) is 10.8 Å². The molecule has 1 aromatic carbocycles. The van der Waals surface area contributed by atoms with Gasteiger partial charge in [-0.15, -0.1) is 26.6 Å². The van der Waals surface area contributed by atoms with Gasteiger partial charge in [0.15, 0.2) is 11.6 Å². The molecule has 5 heterocycles. The average Bonchev–Trinajstić information content (AvgIpc) is 3.40. The summed E-state index contributed by atoms with van der Waals surface area (Å²) in [5.41, 5.74) is -0.255. The third kappa shape index (κ3) is 4.14. The lowest BCUT2D eigenvalue weighted by Gasteiger charge is -2.29. The molecule has 0 bridgehead atoms. The summed E-state index contributed by atoms with van der Waals surface area (Å²) < 4.78 is 55.6. The molecule has 8 nitrogen and oxygen atoms in total. The number of aromatic nitrogens is 4. The molecule has 1 spiro atoms. The molecule has 1 aliphatic carbocycles. The van der Waals surface area contributed by atoms with Crippen LogP contribution in [0.25, 0.3) is 26.4 Å². The van der Waals surface area contributed by atoms with Crippen LogP contribution in [0.2, 0.25) is 0 Å². The van der Waals surface area contributed by atoms with Crippen LogP contribution in [-0.4, -0.2) is 64.6 Å². The summed E-state index contributed by atoms with van der Waals surface area (Å²) in [4.78, 5) is 2.88. The highest BCUT2D eigenvalue weighted by atomic mass is 32.1. The third-order valence-corrected chi connectivity index (χ3v) is 9.05. The van der Waals surface area contributed by atoms with Gasteiger partial charge in [-0.05, 0) is 69.9 Å². The standard InChI is InChI=1S/C26H27F3N6O2S/c1-34-9-5-15(6-10-34)12-30-22-20-21(37-14-25(7-8-25)13-36-20)24-32-31-23(35(24)33-22)19-11-16-17(26(27,28)29)3-2-4-18(16)38-19/h2-4,11,15H,5-10,12-14H2,1H3,(H,30,33). The maximum atomic E-state index is 13.6. The summed E-state index contributed by atoms with van der Waals surface area (Å²) in [5, 5.41) is 17.2. The highest BCUT2D eigenvalue weighted by Gasteiger charge is 2.47. The van der Waals surface area contributed by atoms with E-state index in [0.717, 1.165) is 51.4 Å². The van der Waals surface area contributed by atoms with E-state index >= 15 is 0 Å². The number of ether oxygens (including phenoxy) is 2. The van der Waals surface area contributed by atoms with Crippen molar-refractivity contribution in [2.24, 2.45) is 11.3 Å². The topological polar surface area (TPSA) is 76.8 Å². The molecule has 4 aromatic rings. The number of alkyl halides is 3. The Labute approximate surface area is 220 Å². The first-order valence-electron chi connectivity index (χ1n) is 12.9. The van der Waals surface area contributed by atoms with Crippen molar-refractivity contribution in [1.82, 2.24) is 24.7 Å². The van der Waals surface area contributed by atoms with Crippen LogP contribution in [-0.2, 0) is 6.18 Å². The lowest BCUT2D eigenvalue weighted by molar-refractivity contribution is -0.136. The van der Waals surface area contributed by atoms with Gasteiger partial charge in [-0.25, -0.2) is 0 Å². The van der Waals surface area contributed by atoms with E-state index in [1.54, 1.807) is 10.6 Å². The number of piperidine rings is 1. The Morgan fingerprint density at radius 1 is 1.11 bits per heavy atom. The predicted octanol–water partition coefficient (Wildman–Crippen LogP) is 5.33. The normalized spacial score (nSPS) is 19.8. The maximum Gasteiger partial charge on any atom is 0.417 e. The number of halogens is 3. The molecule has 0 amide bonds. The predicted molar refractivity (Wildman–Crippen MR) is 138 cm³/mol. The minimum Gasteiger partial charge on any atom is -0.486 e. The first-order chi connectivity index (χ1) is 18.3. The smallest absolute Gasteiger partial charge is 0.417 e. The summed E-state index contributed by atoms with van der Waals surface area (Å²) in [6.07, 6.45) is -0.171. The van der Waals surface area contributed by atoms with Crippen molar-refractivity contribution in [3.05, 3.63) is 29.8 Å². The summed E-state index contributed by atoms with van der Waals surface area (Å²) in [6.45, 7) is 3.93. The van der Waals surface area contributed by atoms with E-state index < -0.39 is 11.7 Å². The first kappa shape index (κ1) is 24.0. The summed E-state index contributed by atoms with van der Waals surface area (Å²) in [5.74, 6) is 2.43. The van der Waals surface area contributed by atoms with E-state index in [4.69, 9.17) is 14.6 Å². The summed E-state index contributed by atoms with van der Waals surface area (Å²) >= 11 is 1.23.